The summed E-state index contributed by atoms with van der Waals surface area (Å²) in [5.41, 5.74) is 11.8. The van der Waals surface area contributed by atoms with Gasteiger partial charge in [-0.25, -0.2) is 4.98 Å². The minimum Gasteiger partial charge on any atom is -0.481 e. The molecule has 0 aliphatic carbocycles. The number of amidine groups is 1. The third-order valence-corrected chi connectivity index (χ3v) is 5.64. The largest absolute Gasteiger partial charge is 0.481 e. The van der Waals surface area contributed by atoms with E-state index in [1.165, 1.54) is 11.1 Å². The Hall–Kier alpha value is -3.07. The van der Waals surface area contributed by atoms with Gasteiger partial charge in [-0.1, -0.05) is 24.3 Å². The fraction of sp³-hybridized carbons (Fsp3) is 0.227. The summed E-state index contributed by atoms with van der Waals surface area (Å²) in [5, 5.41) is 16.4. The zero-order valence-electron chi connectivity index (χ0n) is 17.3. The Kier molecular flexibility index (Phi) is 7.29. The van der Waals surface area contributed by atoms with Crippen LogP contribution in [0.15, 0.2) is 58.2 Å². The van der Waals surface area contributed by atoms with Gasteiger partial charge in [-0.2, -0.15) is 5.10 Å². The second-order valence-corrected chi connectivity index (χ2v) is 7.62. The molecule has 3 aromatic rings. The SMILES string of the molecule is C=N/N=C(/N[C@H](N)c1cc(-c2ccccc2CNC)cs1)c1cc(OC)ncc1C. The van der Waals surface area contributed by atoms with Gasteiger partial charge in [-0.05, 0) is 47.7 Å². The minimum atomic E-state index is -0.459. The second-order valence-electron chi connectivity index (χ2n) is 6.68. The maximum Gasteiger partial charge on any atom is 0.213 e. The first-order valence-corrected chi connectivity index (χ1v) is 10.3. The van der Waals surface area contributed by atoms with Gasteiger partial charge < -0.3 is 21.1 Å². The molecule has 0 bridgehead atoms. The van der Waals surface area contributed by atoms with Gasteiger partial charge in [-0.15, -0.1) is 16.4 Å². The van der Waals surface area contributed by atoms with E-state index >= 15 is 0 Å². The summed E-state index contributed by atoms with van der Waals surface area (Å²) in [6, 6.07) is 12.2. The van der Waals surface area contributed by atoms with Crippen LogP contribution in [0.4, 0.5) is 0 Å². The van der Waals surface area contributed by atoms with Crippen LogP contribution in [0.5, 0.6) is 5.88 Å². The lowest BCUT2D eigenvalue weighted by Gasteiger charge is -2.17. The molecule has 156 valence electrons. The van der Waals surface area contributed by atoms with Crippen molar-refractivity contribution in [2.24, 2.45) is 15.9 Å². The molecule has 0 unspecified atom stereocenters. The summed E-state index contributed by atoms with van der Waals surface area (Å²) >= 11 is 1.60. The highest BCUT2D eigenvalue weighted by Gasteiger charge is 2.16. The average Bonchev–Trinajstić information content (AvgIpc) is 3.25. The van der Waals surface area contributed by atoms with Crippen LogP contribution in [0.25, 0.3) is 11.1 Å². The van der Waals surface area contributed by atoms with Gasteiger partial charge in [0.05, 0.1) is 7.11 Å². The maximum absolute atomic E-state index is 6.47. The second kappa shape index (κ2) is 10.1. The van der Waals surface area contributed by atoms with Crippen LogP contribution in [0.3, 0.4) is 0 Å². The van der Waals surface area contributed by atoms with Crippen LogP contribution in [0.1, 0.15) is 27.7 Å². The van der Waals surface area contributed by atoms with Crippen molar-refractivity contribution in [3.05, 3.63) is 69.5 Å². The molecule has 8 heteroatoms. The van der Waals surface area contributed by atoms with Gasteiger partial charge in [0, 0.05) is 36.0 Å². The summed E-state index contributed by atoms with van der Waals surface area (Å²) in [6.07, 6.45) is 1.27. The number of pyridine rings is 1. The minimum absolute atomic E-state index is 0.459. The third kappa shape index (κ3) is 4.91. The van der Waals surface area contributed by atoms with Crippen LogP contribution in [-0.2, 0) is 6.54 Å². The number of nitrogens with zero attached hydrogens (tertiary/aromatic N) is 3. The van der Waals surface area contributed by atoms with E-state index in [1.54, 1.807) is 30.7 Å². The smallest absolute Gasteiger partial charge is 0.213 e. The quantitative estimate of drug-likeness (QED) is 0.224. The number of hydrogen-bond acceptors (Lipinski definition) is 7. The summed E-state index contributed by atoms with van der Waals surface area (Å²) in [4.78, 5) is 5.20. The van der Waals surface area contributed by atoms with Crippen LogP contribution in [0.2, 0.25) is 0 Å². The standard InChI is InChI=1S/C22H26N6OS/c1-14-11-26-20(29-4)10-18(14)22(28-25-3)27-21(23)19-9-16(13-30-19)17-8-6-5-7-15(17)12-24-2/h5-11,13,21,24H,3,12,23H2,1-2,4H3,(H,27,28)/t21-/m0/s1. The monoisotopic (exact) mass is 422 g/mol. The molecule has 0 fully saturated rings. The molecule has 30 heavy (non-hydrogen) atoms. The fourth-order valence-electron chi connectivity index (χ4n) is 3.12. The van der Waals surface area contributed by atoms with E-state index < -0.39 is 6.17 Å². The lowest BCUT2D eigenvalue weighted by Crippen LogP contribution is -2.34. The number of aryl methyl sites for hydroxylation is 1. The Morgan fingerprint density at radius 3 is 2.87 bits per heavy atom. The first-order chi connectivity index (χ1) is 14.6. The van der Waals surface area contributed by atoms with E-state index in [2.05, 4.69) is 56.1 Å². The molecule has 1 aromatic carbocycles. The summed E-state index contributed by atoms with van der Waals surface area (Å²) in [5.74, 6) is 1.00. The molecule has 0 saturated carbocycles. The zero-order valence-corrected chi connectivity index (χ0v) is 18.2. The topological polar surface area (TPSA) is 96.9 Å². The predicted octanol–water partition coefficient (Wildman–Crippen LogP) is 3.46. The Morgan fingerprint density at radius 2 is 2.13 bits per heavy atom. The Labute approximate surface area is 180 Å². The van der Waals surface area contributed by atoms with E-state index in [1.807, 2.05) is 26.1 Å². The zero-order chi connectivity index (χ0) is 21.5. The van der Waals surface area contributed by atoms with Crippen LogP contribution < -0.4 is 21.1 Å². The Morgan fingerprint density at radius 1 is 1.33 bits per heavy atom. The van der Waals surface area contributed by atoms with E-state index in [0.717, 1.165) is 28.1 Å². The molecule has 3 rings (SSSR count). The number of benzene rings is 1. The number of ether oxygens (including phenoxy) is 1. The van der Waals surface area contributed by atoms with Crippen molar-refractivity contribution in [1.82, 2.24) is 15.6 Å². The molecule has 0 radical (unpaired) electrons. The Bertz CT molecular complexity index is 1050. The highest BCUT2D eigenvalue weighted by atomic mass is 32.1. The molecular weight excluding hydrogens is 396 g/mol. The summed E-state index contributed by atoms with van der Waals surface area (Å²) in [6.45, 7) is 6.22. The van der Waals surface area contributed by atoms with Crippen molar-refractivity contribution in [2.75, 3.05) is 14.2 Å². The molecule has 4 N–H and O–H groups in total. The lowest BCUT2D eigenvalue weighted by molar-refractivity contribution is 0.397. The average molecular weight is 423 g/mol. The van der Waals surface area contributed by atoms with Crippen LogP contribution in [0, 0.1) is 6.92 Å². The first kappa shape index (κ1) is 21.6. The van der Waals surface area contributed by atoms with Gasteiger partial charge >= 0.3 is 0 Å². The molecular formula is C22H26N6OS. The van der Waals surface area contributed by atoms with Crippen molar-refractivity contribution in [1.29, 1.82) is 0 Å². The summed E-state index contributed by atoms with van der Waals surface area (Å²) < 4.78 is 5.24. The van der Waals surface area contributed by atoms with Crippen molar-refractivity contribution < 1.29 is 4.74 Å². The number of methoxy groups -OCH3 is 1. The normalized spacial score (nSPS) is 12.5. The molecule has 0 saturated heterocycles. The first-order valence-electron chi connectivity index (χ1n) is 9.45. The predicted molar refractivity (Wildman–Crippen MR) is 124 cm³/mol. The number of rotatable bonds is 8. The molecule has 1 atom stereocenters. The number of hydrogen-bond donors (Lipinski definition) is 3. The van der Waals surface area contributed by atoms with E-state index in [9.17, 15) is 0 Å². The number of nitrogens with two attached hydrogens (primary N) is 1. The lowest BCUT2D eigenvalue weighted by atomic mass is 10.0. The summed E-state index contributed by atoms with van der Waals surface area (Å²) in [7, 11) is 3.52. The molecule has 2 heterocycles. The van der Waals surface area contributed by atoms with Crippen molar-refractivity contribution in [3.63, 3.8) is 0 Å². The molecule has 0 aliphatic heterocycles. The van der Waals surface area contributed by atoms with Gasteiger partial charge in [0.15, 0.2) is 5.84 Å². The number of nitrogens with one attached hydrogen (secondary N) is 2. The van der Waals surface area contributed by atoms with Crippen LogP contribution in [-0.4, -0.2) is 31.7 Å². The highest BCUT2D eigenvalue weighted by Crippen LogP contribution is 2.30. The van der Waals surface area contributed by atoms with Gasteiger partial charge in [-0.3, -0.25) is 0 Å². The van der Waals surface area contributed by atoms with E-state index in [0.29, 0.717) is 11.7 Å². The number of aromatic nitrogens is 1. The van der Waals surface area contributed by atoms with Gasteiger partial charge in [0.25, 0.3) is 0 Å². The van der Waals surface area contributed by atoms with E-state index in [-0.39, 0.29) is 0 Å². The highest BCUT2D eigenvalue weighted by molar-refractivity contribution is 7.10. The molecule has 0 aliphatic rings. The molecule has 2 aromatic heterocycles. The van der Waals surface area contributed by atoms with Crippen molar-refractivity contribution in [3.8, 4) is 17.0 Å². The van der Waals surface area contributed by atoms with Gasteiger partial charge in [0.2, 0.25) is 5.88 Å². The van der Waals surface area contributed by atoms with Crippen LogP contribution >= 0.6 is 11.3 Å². The maximum atomic E-state index is 6.47. The Balaban J connectivity index is 1.86. The van der Waals surface area contributed by atoms with E-state index in [4.69, 9.17) is 10.5 Å². The third-order valence-electron chi connectivity index (χ3n) is 4.63. The van der Waals surface area contributed by atoms with Crippen molar-refractivity contribution >= 4 is 23.9 Å². The molecule has 0 amide bonds. The number of thiophene rings is 1. The molecule has 7 nitrogen and oxygen atoms in total. The van der Waals surface area contributed by atoms with Gasteiger partial charge in [0.1, 0.15) is 6.17 Å². The molecule has 0 spiro atoms. The van der Waals surface area contributed by atoms with Crippen molar-refractivity contribution in [2.45, 2.75) is 19.6 Å². The fourth-order valence-corrected chi connectivity index (χ4v) is 3.98.